The Bertz CT molecular complexity index is 734. The van der Waals surface area contributed by atoms with Crippen molar-refractivity contribution in [3.8, 4) is 0 Å². The first-order valence-corrected chi connectivity index (χ1v) is 10.7. The second kappa shape index (κ2) is 8.63. The van der Waals surface area contributed by atoms with Crippen molar-refractivity contribution in [3.05, 3.63) is 16.4 Å². The van der Waals surface area contributed by atoms with Crippen LogP contribution in [0.15, 0.2) is 15.6 Å². The molecule has 2 heterocycles. The number of rotatable bonds is 7. The first-order valence-electron chi connectivity index (χ1n) is 7.93. The van der Waals surface area contributed by atoms with E-state index in [4.69, 9.17) is 4.52 Å². The average molecular weight is 432 g/mol. The van der Waals surface area contributed by atoms with Gasteiger partial charge in [-0.05, 0) is 42.8 Å². The Balaban J connectivity index is 2.15. The zero-order valence-corrected chi connectivity index (χ0v) is 18.0. The van der Waals surface area contributed by atoms with Crippen LogP contribution in [0.4, 0.5) is 0 Å². The monoisotopic (exact) mass is 431 g/mol. The van der Waals surface area contributed by atoms with Crippen LogP contribution < -0.4 is 0 Å². The molecule has 0 aromatic carbocycles. The molecule has 1 unspecified atom stereocenters. The number of carbonyl (C=O) groups is 1. The smallest absolute Gasteiger partial charge is 0.309 e. The summed E-state index contributed by atoms with van der Waals surface area (Å²) in [6, 6.07) is 2.24. The van der Waals surface area contributed by atoms with Crippen LogP contribution in [-0.4, -0.2) is 32.1 Å². The third-order valence-electron chi connectivity index (χ3n) is 3.22. The summed E-state index contributed by atoms with van der Waals surface area (Å²) in [6.07, 6.45) is 0.403. The van der Waals surface area contributed by atoms with Crippen LogP contribution in [0.3, 0.4) is 0 Å². The van der Waals surface area contributed by atoms with E-state index in [1.54, 1.807) is 11.8 Å². The average Bonchev–Trinajstić information content (AvgIpc) is 2.82. The fraction of sp³-hybridized carbons (Fsp3) is 0.562. The van der Waals surface area contributed by atoms with Crippen LogP contribution in [0, 0.1) is 6.92 Å². The molecular weight excluding hydrogens is 409 g/mol. The summed E-state index contributed by atoms with van der Waals surface area (Å²) in [5, 5.41) is 4.61. The zero-order valence-electron chi connectivity index (χ0n) is 14.6. The minimum atomic E-state index is -0.132. The van der Waals surface area contributed by atoms with Crippen LogP contribution in [0.5, 0.6) is 0 Å². The summed E-state index contributed by atoms with van der Waals surface area (Å²) in [4.78, 5) is 17.4. The van der Waals surface area contributed by atoms with Crippen LogP contribution in [-0.2, 0) is 9.32 Å². The lowest BCUT2D eigenvalue weighted by Gasteiger charge is -2.11. The number of halogens is 1. The van der Waals surface area contributed by atoms with Crippen molar-refractivity contribution in [1.29, 1.82) is 0 Å². The molecule has 2 rings (SSSR count). The number of aromatic nitrogens is 3. The van der Waals surface area contributed by atoms with Gasteiger partial charge in [0, 0.05) is 22.3 Å². The molecule has 1 atom stereocenters. The number of pyridine rings is 1. The second-order valence-corrected chi connectivity index (χ2v) is 9.65. The maximum Gasteiger partial charge on any atom is 0.309 e. The van der Waals surface area contributed by atoms with Gasteiger partial charge in [-0.3, -0.25) is 9.48 Å². The molecule has 0 bridgehead atoms. The van der Waals surface area contributed by atoms with Crippen LogP contribution in [0.2, 0.25) is 0 Å². The summed E-state index contributed by atoms with van der Waals surface area (Å²) in [5.41, 5.74) is 3.25. The molecule has 0 amide bonds. The highest BCUT2D eigenvalue weighted by molar-refractivity contribution is 9.10. The molecule has 0 N–H and O–H groups in total. The Kier molecular flexibility index (Phi) is 7.08. The highest BCUT2D eigenvalue weighted by Gasteiger charge is 2.17. The molecule has 0 aliphatic rings. The summed E-state index contributed by atoms with van der Waals surface area (Å²) < 4.78 is 8.04. The van der Waals surface area contributed by atoms with Crippen molar-refractivity contribution >= 4 is 53.5 Å². The molecular formula is C16H23BrN3O2PS. The number of carbonyl (C=O) groups excluding carboxylic acids is 1. The SMILES string of the molecule is Cc1nn(C(C)C)c2c(SCCC(=O)OPC(C)C)cc(Br)nc12. The number of nitrogens with zero attached hydrogens (tertiary/aromatic N) is 3. The molecule has 5 nitrogen and oxygen atoms in total. The lowest BCUT2D eigenvalue weighted by Crippen LogP contribution is -2.04. The van der Waals surface area contributed by atoms with E-state index in [2.05, 4.69) is 39.9 Å². The Labute approximate surface area is 157 Å². The highest BCUT2D eigenvalue weighted by atomic mass is 79.9. The number of hydrogen-bond donors (Lipinski definition) is 0. The first-order chi connectivity index (χ1) is 11.3. The normalized spacial score (nSPS) is 12.2. The van der Waals surface area contributed by atoms with Crippen molar-refractivity contribution in [2.24, 2.45) is 0 Å². The largest absolute Gasteiger partial charge is 0.448 e. The Hall–Kier alpha value is -0.650. The Morgan fingerprint density at radius 3 is 2.75 bits per heavy atom. The van der Waals surface area contributed by atoms with Gasteiger partial charge < -0.3 is 4.52 Å². The predicted molar refractivity (Wildman–Crippen MR) is 105 cm³/mol. The van der Waals surface area contributed by atoms with Crippen molar-refractivity contribution in [1.82, 2.24) is 14.8 Å². The first kappa shape index (κ1) is 19.7. The zero-order chi connectivity index (χ0) is 17.9. The molecule has 0 saturated carbocycles. The van der Waals surface area contributed by atoms with Gasteiger partial charge in [0.25, 0.3) is 0 Å². The molecule has 0 saturated heterocycles. The van der Waals surface area contributed by atoms with E-state index in [0.717, 1.165) is 26.2 Å². The number of fused-ring (bicyclic) bond motifs is 1. The topological polar surface area (TPSA) is 57.0 Å². The van der Waals surface area contributed by atoms with E-state index in [1.165, 1.54) is 0 Å². The number of thioether (sulfide) groups is 1. The Morgan fingerprint density at radius 1 is 1.42 bits per heavy atom. The van der Waals surface area contributed by atoms with Gasteiger partial charge in [-0.25, -0.2) is 4.98 Å². The molecule has 2 aromatic heterocycles. The third kappa shape index (κ3) is 4.93. The third-order valence-corrected chi connectivity index (χ3v) is 5.47. The fourth-order valence-corrected chi connectivity index (χ4v) is 4.22. The Morgan fingerprint density at radius 2 is 2.12 bits per heavy atom. The van der Waals surface area contributed by atoms with E-state index in [-0.39, 0.29) is 20.8 Å². The summed E-state index contributed by atoms with van der Waals surface area (Å²) in [7, 11) is 0.237. The number of hydrogen-bond acceptors (Lipinski definition) is 5. The summed E-state index contributed by atoms with van der Waals surface area (Å²) in [6.45, 7) is 10.3. The lowest BCUT2D eigenvalue weighted by atomic mass is 10.3. The highest BCUT2D eigenvalue weighted by Crippen LogP contribution is 2.33. The molecule has 0 aliphatic heterocycles. The van der Waals surface area contributed by atoms with Gasteiger partial charge in [0.15, 0.2) is 0 Å². The summed E-state index contributed by atoms with van der Waals surface area (Å²) in [5.74, 6) is 0.544. The molecule has 132 valence electrons. The van der Waals surface area contributed by atoms with Gasteiger partial charge in [-0.1, -0.05) is 13.8 Å². The quantitative estimate of drug-likeness (QED) is 0.346. The van der Waals surface area contributed by atoms with E-state index in [9.17, 15) is 4.79 Å². The van der Waals surface area contributed by atoms with Gasteiger partial charge in [-0.2, -0.15) is 5.10 Å². The van der Waals surface area contributed by atoms with Gasteiger partial charge in [0.2, 0.25) is 0 Å². The van der Waals surface area contributed by atoms with Crippen molar-refractivity contribution in [3.63, 3.8) is 0 Å². The fourth-order valence-electron chi connectivity index (χ4n) is 2.18. The number of aryl methyl sites for hydroxylation is 1. The van der Waals surface area contributed by atoms with Crippen LogP contribution in [0.25, 0.3) is 11.0 Å². The van der Waals surface area contributed by atoms with Crippen molar-refractivity contribution in [2.45, 2.75) is 57.6 Å². The van der Waals surface area contributed by atoms with E-state index in [0.29, 0.717) is 17.8 Å². The molecule has 8 heteroatoms. The van der Waals surface area contributed by atoms with E-state index >= 15 is 0 Å². The molecule has 0 spiro atoms. The molecule has 2 aromatic rings. The maximum atomic E-state index is 11.8. The van der Waals surface area contributed by atoms with Crippen LogP contribution in [0.1, 0.15) is 45.9 Å². The second-order valence-electron chi connectivity index (χ2n) is 6.11. The van der Waals surface area contributed by atoms with Crippen molar-refractivity contribution < 1.29 is 9.32 Å². The van der Waals surface area contributed by atoms with Gasteiger partial charge in [0.1, 0.15) is 15.6 Å². The van der Waals surface area contributed by atoms with Gasteiger partial charge in [0.05, 0.1) is 20.9 Å². The van der Waals surface area contributed by atoms with Crippen LogP contribution >= 0.6 is 36.5 Å². The molecule has 24 heavy (non-hydrogen) atoms. The molecule has 0 fully saturated rings. The minimum Gasteiger partial charge on any atom is -0.448 e. The molecule has 0 radical (unpaired) electrons. The predicted octanol–water partition coefficient (Wildman–Crippen LogP) is 5.11. The van der Waals surface area contributed by atoms with E-state index < -0.39 is 0 Å². The van der Waals surface area contributed by atoms with Gasteiger partial charge in [-0.15, -0.1) is 11.8 Å². The lowest BCUT2D eigenvalue weighted by molar-refractivity contribution is -0.133. The maximum absolute atomic E-state index is 11.8. The van der Waals surface area contributed by atoms with E-state index in [1.807, 2.05) is 31.5 Å². The minimum absolute atomic E-state index is 0.132. The van der Waals surface area contributed by atoms with Crippen molar-refractivity contribution in [2.75, 3.05) is 5.75 Å². The van der Waals surface area contributed by atoms with Gasteiger partial charge >= 0.3 is 5.97 Å². The molecule has 0 aliphatic carbocycles. The summed E-state index contributed by atoms with van der Waals surface area (Å²) >= 11 is 5.12. The standard InChI is InChI=1S/C16H23BrN3O2PS/c1-9(2)20-16-12(8-13(17)18-15(16)11(5)19-20)24-7-6-14(21)22-23-10(3)4/h8-10,23H,6-7H2,1-5H3.